The second-order valence-corrected chi connectivity index (χ2v) is 9.43. The Morgan fingerprint density at radius 1 is 1.21 bits per heavy atom. The van der Waals surface area contributed by atoms with Gasteiger partial charge in [-0.15, -0.1) is 11.3 Å². The first-order chi connectivity index (χ1) is 11.4. The van der Waals surface area contributed by atoms with Crippen molar-refractivity contribution in [2.75, 3.05) is 11.5 Å². The van der Waals surface area contributed by atoms with Gasteiger partial charge in [-0.3, -0.25) is 4.79 Å². The van der Waals surface area contributed by atoms with Crippen molar-refractivity contribution >= 4 is 44.8 Å². The zero-order chi connectivity index (χ0) is 17.2. The van der Waals surface area contributed by atoms with Crippen molar-refractivity contribution in [2.24, 2.45) is 0 Å². The molecule has 7 heteroatoms. The van der Waals surface area contributed by atoms with Gasteiger partial charge in [-0.2, -0.15) is 0 Å². The fraction of sp³-hybridized carbons (Fsp3) is 0.235. The standard InChI is InChI=1S/C17H16ClNO3S2/c18-13-3-1-12(2-4-13)16-7-5-15(23-16)6-8-17(20)19-14-9-10-24(21,22)11-14/h1-8,14H,9-11H2,(H,19,20). The second-order valence-electron chi connectivity index (χ2n) is 5.65. The smallest absolute Gasteiger partial charge is 0.244 e. The lowest BCUT2D eigenvalue weighted by atomic mass is 10.2. The Hall–Kier alpha value is -1.63. The average molecular weight is 382 g/mol. The first-order valence-corrected chi connectivity index (χ1v) is 10.5. The molecule has 0 saturated carbocycles. The van der Waals surface area contributed by atoms with Gasteiger partial charge in [0.25, 0.3) is 0 Å². The molecular formula is C17H16ClNO3S2. The molecule has 1 N–H and O–H groups in total. The fourth-order valence-corrected chi connectivity index (χ4v) is 5.24. The van der Waals surface area contributed by atoms with Gasteiger partial charge in [0.15, 0.2) is 9.84 Å². The van der Waals surface area contributed by atoms with E-state index in [1.165, 1.54) is 6.08 Å². The van der Waals surface area contributed by atoms with Crippen LogP contribution in [0, 0.1) is 0 Å². The number of rotatable bonds is 4. The van der Waals surface area contributed by atoms with Crippen LogP contribution >= 0.6 is 22.9 Å². The van der Waals surface area contributed by atoms with E-state index >= 15 is 0 Å². The summed E-state index contributed by atoms with van der Waals surface area (Å²) < 4.78 is 22.8. The van der Waals surface area contributed by atoms with E-state index in [9.17, 15) is 13.2 Å². The number of benzene rings is 1. The molecule has 1 aromatic heterocycles. The molecule has 0 aliphatic carbocycles. The maximum Gasteiger partial charge on any atom is 0.244 e. The number of hydrogen-bond acceptors (Lipinski definition) is 4. The lowest BCUT2D eigenvalue weighted by Crippen LogP contribution is -2.34. The summed E-state index contributed by atoms with van der Waals surface area (Å²) in [4.78, 5) is 13.9. The summed E-state index contributed by atoms with van der Waals surface area (Å²) in [7, 11) is -2.98. The number of hydrogen-bond donors (Lipinski definition) is 1. The molecule has 126 valence electrons. The summed E-state index contributed by atoms with van der Waals surface area (Å²) in [6.45, 7) is 0. The molecule has 1 aliphatic rings. The van der Waals surface area contributed by atoms with E-state index in [0.29, 0.717) is 11.4 Å². The molecule has 1 fully saturated rings. The molecule has 1 unspecified atom stereocenters. The van der Waals surface area contributed by atoms with Gasteiger partial charge in [0, 0.05) is 26.9 Å². The SMILES string of the molecule is O=C(C=Cc1ccc(-c2ccc(Cl)cc2)s1)NC1CCS(=O)(=O)C1. The highest BCUT2D eigenvalue weighted by Crippen LogP contribution is 2.29. The van der Waals surface area contributed by atoms with Gasteiger partial charge in [0.2, 0.25) is 5.91 Å². The van der Waals surface area contributed by atoms with Crippen molar-refractivity contribution in [2.45, 2.75) is 12.5 Å². The normalized spacial score (nSPS) is 19.6. The van der Waals surface area contributed by atoms with E-state index in [-0.39, 0.29) is 23.5 Å². The first-order valence-electron chi connectivity index (χ1n) is 7.46. The number of nitrogens with one attached hydrogen (secondary N) is 1. The van der Waals surface area contributed by atoms with Gasteiger partial charge in [-0.25, -0.2) is 8.42 Å². The van der Waals surface area contributed by atoms with E-state index in [2.05, 4.69) is 5.32 Å². The minimum Gasteiger partial charge on any atom is -0.349 e. The molecule has 3 rings (SSSR count). The summed E-state index contributed by atoms with van der Waals surface area (Å²) in [6.07, 6.45) is 3.67. The molecule has 1 aromatic carbocycles. The molecule has 1 amide bonds. The largest absolute Gasteiger partial charge is 0.349 e. The molecule has 0 spiro atoms. The highest BCUT2D eigenvalue weighted by Gasteiger charge is 2.28. The van der Waals surface area contributed by atoms with Crippen molar-refractivity contribution in [3.63, 3.8) is 0 Å². The van der Waals surface area contributed by atoms with Crippen LogP contribution in [0.15, 0.2) is 42.5 Å². The average Bonchev–Trinajstić information content (AvgIpc) is 3.12. The summed E-state index contributed by atoms with van der Waals surface area (Å²) in [5.41, 5.74) is 1.07. The fourth-order valence-electron chi connectivity index (χ4n) is 2.53. The second kappa shape index (κ2) is 7.09. The number of amides is 1. The number of sulfone groups is 1. The summed E-state index contributed by atoms with van der Waals surface area (Å²) in [5.74, 6) is -0.0814. The predicted molar refractivity (Wildman–Crippen MR) is 99.0 cm³/mol. The summed E-state index contributed by atoms with van der Waals surface area (Å²) in [5, 5.41) is 3.43. The zero-order valence-corrected chi connectivity index (χ0v) is 15.1. The van der Waals surface area contributed by atoms with E-state index in [1.807, 2.05) is 36.4 Å². The summed E-state index contributed by atoms with van der Waals surface area (Å²) >= 11 is 7.46. The van der Waals surface area contributed by atoms with E-state index in [0.717, 1.165) is 15.3 Å². The molecule has 1 saturated heterocycles. The molecule has 2 aromatic rings. The van der Waals surface area contributed by atoms with Gasteiger partial charge >= 0.3 is 0 Å². The van der Waals surface area contributed by atoms with Crippen LogP contribution in [0.2, 0.25) is 5.02 Å². The Bertz CT molecular complexity index is 869. The van der Waals surface area contributed by atoms with Gasteiger partial charge in [0.1, 0.15) is 0 Å². The van der Waals surface area contributed by atoms with Crippen LogP contribution in [-0.4, -0.2) is 31.9 Å². The van der Waals surface area contributed by atoms with Gasteiger partial charge in [0.05, 0.1) is 11.5 Å². The topological polar surface area (TPSA) is 63.2 Å². The van der Waals surface area contributed by atoms with Crippen LogP contribution in [0.1, 0.15) is 11.3 Å². The van der Waals surface area contributed by atoms with Gasteiger partial charge in [-0.05, 0) is 42.3 Å². The van der Waals surface area contributed by atoms with Crippen LogP contribution in [0.25, 0.3) is 16.5 Å². The van der Waals surface area contributed by atoms with Crippen LogP contribution < -0.4 is 5.32 Å². The van der Waals surface area contributed by atoms with Crippen molar-refractivity contribution in [3.8, 4) is 10.4 Å². The third kappa shape index (κ3) is 4.47. The molecular weight excluding hydrogens is 366 g/mol. The quantitative estimate of drug-likeness (QED) is 0.826. The van der Waals surface area contributed by atoms with Crippen LogP contribution in [0.4, 0.5) is 0 Å². The highest BCUT2D eigenvalue weighted by molar-refractivity contribution is 7.91. The number of carbonyl (C=O) groups is 1. The van der Waals surface area contributed by atoms with Gasteiger partial charge < -0.3 is 5.32 Å². The number of thiophene rings is 1. The van der Waals surface area contributed by atoms with Crippen molar-refractivity contribution < 1.29 is 13.2 Å². The maximum atomic E-state index is 11.9. The molecule has 0 bridgehead atoms. The number of halogens is 1. The third-order valence-electron chi connectivity index (χ3n) is 3.73. The molecule has 2 heterocycles. The highest BCUT2D eigenvalue weighted by atomic mass is 35.5. The van der Waals surface area contributed by atoms with Crippen molar-refractivity contribution in [3.05, 3.63) is 52.4 Å². The third-order valence-corrected chi connectivity index (χ3v) is 6.85. The van der Waals surface area contributed by atoms with E-state index < -0.39 is 9.84 Å². The molecule has 1 atom stereocenters. The van der Waals surface area contributed by atoms with Crippen LogP contribution in [-0.2, 0) is 14.6 Å². The summed E-state index contributed by atoms with van der Waals surface area (Å²) in [6, 6.07) is 11.3. The molecule has 0 radical (unpaired) electrons. The number of carbonyl (C=O) groups excluding carboxylic acids is 1. The van der Waals surface area contributed by atoms with Crippen LogP contribution in [0.5, 0.6) is 0 Å². The van der Waals surface area contributed by atoms with E-state index in [4.69, 9.17) is 11.6 Å². The lowest BCUT2D eigenvalue weighted by molar-refractivity contribution is -0.116. The predicted octanol–water partition coefficient (Wildman–Crippen LogP) is 3.39. The first kappa shape index (κ1) is 17.2. The molecule has 24 heavy (non-hydrogen) atoms. The van der Waals surface area contributed by atoms with Gasteiger partial charge in [-0.1, -0.05) is 23.7 Å². The van der Waals surface area contributed by atoms with E-state index in [1.54, 1.807) is 17.4 Å². The molecule has 4 nitrogen and oxygen atoms in total. The zero-order valence-electron chi connectivity index (χ0n) is 12.7. The molecule has 1 aliphatic heterocycles. The van der Waals surface area contributed by atoms with Crippen molar-refractivity contribution in [1.29, 1.82) is 0 Å². The Balaban J connectivity index is 1.61. The Morgan fingerprint density at radius 2 is 1.96 bits per heavy atom. The maximum absolute atomic E-state index is 11.9. The monoisotopic (exact) mass is 381 g/mol. The Morgan fingerprint density at radius 3 is 2.62 bits per heavy atom. The minimum absolute atomic E-state index is 0.0340. The van der Waals surface area contributed by atoms with Crippen LogP contribution in [0.3, 0.4) is 0 Å². The minimum atomic E-state index is -2.98. The lowest BCUT2D eigenvalue weighted by Gasteiger charge is -2.07. The van der Waals surface area contributed by atoms with Crippen molar-refractivity contribution in [1.82, 2.24) is 5.32 Å². The Labute approximate surface area is 150 Å². The Kier molecular flexibility index (Phi) is 5.08.